The first-order valence-electron chi connectivity index (χ1n) is 7.64. The number of hydrogen-bond donors (Lipinski definition) is 3. The number of hydrogen-bond acceptors (Lipinski definition) is 2. The maximum Gasteiger partial charge on any atom is 0.316 e. The Morgan fingerprint density at radius 2 is 1.70 bits per heavy atom. The third-order valence-corrected chi connectivity index (χ3v) is 4.53. The van der Waals surface area contributed by atoms with Gasteiger partial charge in [0, 0.05) is 17.4 Å². The van der Waals surface area contributed by atoms with E-state index in [1.807, 2.05) is 24.3 Å². The van der Waals surface area contributed by atoms with Crippen molar-refractivity contribution in [1.82, 2.24) is 0 Å². The molecule has 4 N–H and O–H groups in total. The molecular weight excluding hydrogens is 250 g/mol. The van der Waals surface area contributed by atoms with Crippen molar-refractivity contribution in [3.05, 3.63) is 24.3 Å². The maximum atomic E-state index is 10.8. The number of carbonyl (C=O) groups is 1. The molecule has 2 atom stereocenters. The van der Waals surface area contributed by atoms with Gasteiger partial charge in [-0.15, -0.1) is 0 Å². The molecule has 0 radical (unpaired) electrons. The molecule has 0 saturated heterocycles. The van der Waals surface area contributed by atoms with Gasteiger partial charge in [-0.05, 0) is 61.8 Å². The van der Waals surface area contributed by atoms with E-state index in [2.05, 4.69) is 10.6 Å². The highest BCUT2D eigenvalue weighted by Gasteiger charge is 2.34. The fourth-order valence-corrected chi connectivity index (χ4v) is 3.38. The van der Waals surface area contributed by atoms with Crippen molar-refractivity contribution in [1.29, 1.82) is 0 Å². The Kier molecular flexibility index (Phi) is 3.81. The van der Waals surface area contributed by atoms with Crippen molar-refractivity contribution >= 4 is 17.4 Å². The van der Waals surface area contributed by atoms with E-state index in [1.165, 1.54) is 38.5 Å². The van der Waals surface area contributed by atoms with Crippen LogP contribution in [0, 0.1) is 11.8 Å². The lowest BCUT2D eigenvalue weighted by molar-refractivity contribution is 0.259. The zero-order valence-corrected chi connectivity index (χ0v) is 11.8. The van der Waals surface area contributed by atoms with Crippen LogP contribution in [0.15, 0.2) is 24.3 Å². The first-order chi connectivity index (χ1) is 9.70. The number of amides is 2. The minimum Gasteiger partial charge on any atom is -0.382 e. The van der Waals surface area contributed by atoms with Gasteiger partial charge in [0.1, 0.15) is 0 Å². The highest BCUT2D eigenvalue weighted by atomic mass is 16.2. The Morgan fingerprint density at radius 1 is 1.00 bits per heavy atom. The van der Waals surface area contributed by atoms with Crippen LogP contribution in [0.25, 0.3) is 0 Å². The number of nitrogens with two attached hydrogens (primary N) is 1. The number of anilines is 2. The summed E-state index contributed by atoms with van der Waals surface area (Å²) in [4.78, 5) is 10.8. The normalized spacial score (nSPS) is 26.0. The lowest BCUT2D eigenvalue weighted by Crippen LogP contribution is -2.28. The molecule has 2 unspecified atom stereocenters. The van der Waals surface area contributed by atoms with E-state index >= 15 is 0 Å². The molecule has 1 aromatic carbocycles. The molecule has 2 saturated carbocycles. The molecule has 108 valence electrons. The largest absolute Gasteiger partial charge is 0.382 e. The molecule has 4 heteroatoms. The standard InChI is InChI=1S/C16H23N3O/c17-16(20)19-14-8-6-13(7-9-14)18-15-3-1-2-12(10-15)11-4-5-11/h6-9,11-12,15,18H,1-5,10H2,(H3,17,19,20). The van der Waals surface area contributed by atoms with Gasteiger partial charge in [-0.3, -0.25) is 0 Å². The van der Waals surface area contributed by atoms with E-state index in [-0.39, 0.29) is 0 Å². The van der Waals surface area contributed by atoms with Gasteiger partial charge in [0.15, 0.2) is 0 Å². The molecule has 0 aliphatic heterocycles. The lowest BCUT2D eigenvalue weighted by Gasteiger charge is -2.30. The van der Waals surface area contributed by atoms with Crippen LogP contribution in [0.5, 0.6) is 0 Å². The average molecular weight is 273 g/mol. The number of urea groups is 1. The van der Waals surface area contributed by atoms with Crippen LogP contribution in [0.1, 0.15) is 38.5 Å². The highest BCUT2D eigenvalue weighted by molar-refractivity contribution is 5.87. The molecule has 20 heavy (non-hydrogen) atoms. The van der Waals surface area contributed by atoms with Crippen molar-refractivity contribution in [2.45, 2.75) is 44.6 Å². The van der Waals surface area contributed by atoms with Crippen LogP contribution < -0.4 is 16.4 Å². The molecule has 0 spiro atoms. The zero-order chi connectivity index (χ0) is 13.9. The summed E-state index contributed by atoms with van der Waals surface area (Å²) in [6.07, 6.45) is 8.25. The molecule has 2 aliphatic carbocycles. The van der Waals surface area contributed by atoms with Gasteiger partial charge in [0.25, 0.3) is 0 Å². The summed E-state index contributed by atoms with van der Waals surface area (Å²) in [5.41, 5.74) is 6.96. The summed E-state index contributed by atoms with van der Waals surface area (Å²) < 4.78 is 0. The average Bonchev–Trinajstić information content (AvgIpc) is 3.25. The van der Waals surface area contributed by atoms with Crippen LogP contribution in [0.3, 0.4) is 0 Å². The Hall–Kier alpha value is -1.71. The van der Waals surface area contributed by atoms with E-state index in [1.54, 1.807) is 0 Å². The van der Waals surface area contributed by atoms with Crippen LogP contribution >= 0.6 is 0 Å². The fraction of sp³-hybridized carbons (Fsp3) is 0.562. The molecule has 0 heterocycles. The predicted molar refractivity (Wildman–Crippen MR) is 81.7 cm³/mol. The number of rotatable bonds is 4. The number of carbonyl (C=O) groups excluding carboxylic acids is 1. The third-order valence-electron chi connectivity index (χ3n) is 4.53. The summed E-state index contributed by atoms with van der Waals surface area (Å²) in [5, 5.41) is 6.21. The molecule has 2 amide bonds. The topological polar surface area (TPSA) is 67.2 Å². The van der Waals surface area contributed by atoms with Gasteiger partial charge in [-0.1, -0.05) is 12.8 Å². The van der Waals surface area contributed by atoms with Gasteiger partial charge >= 0.3 is 6.03 Å². The molecule has 2 aliphatic rings. The van der Waals surface area contributed by atoms with E-state index in [4.69, 9.17) is 5.73 Å². The summed E-state index contributed by atoms with van der Waals surface area (Å²) in [5.74, 6) is 1.96. The SMILES string of the molecule is NC(=O)Nc1ccc(NC2CCCC(C3CC3)C2)cc1. The molecule has 2 fully saturated rings. The molecule has 3 rings (SSSR count). The van der Waals surface area contributed by atoms with Crippen molar-refractivity contribution in [3.63, 3.8) is 0 Å². The van der Waals surface area contributed by atoms with Crippen LogP contribution in [0.2, 0.25) is 0 Å². The zero-order valence-electron chi connectivity index (χ0n) is 11.8. The van der Waals surface area contributed by atoms with Crippen molar-refractivity contribution in [2.24, 2.45) is 17.6 Å². The summed E-state index contributed by atoms with van der Waals surface area (Å²) in [6.45, 7) is 0. The van der Waals surface area contributed by atoms with E-state index in [0.29, 0.717) is 6.04 Å². The Bertz CT molecular complexity index is 467. The molecular formula is C16H23N3O. The first-order valence-corrected chi connectivity index (χ1v) is 7.64. The van der Waals surface area contributed by atoms with E-state index in [9.17, 15) is 4.79 Å². The minimum atomic E-state index is -0.523. The third kappa shape index (κ3) is 3.44. The van der Waals surface area contributed by atoms with E-state index < -0.39 is 6.03 Å². The van der Waals surface area contributed by atoms with Crippen molar-refractivity contribution < 1.29 is 4.79 Å². The van der Waals surface area contributed by atoms with Crippen LogP contribution in [-0.2, 0) is 0 Å². The fourth-order valence-electron chi connectivity index (χ4n) is 3.38. The Morgan fingerprint density at radius 3 is 2.35 bits per heavy atom. The van der Waals surface area contributed by atoms with E-state index in [0.717, 1.165) is 23.2 Å². The second-order valence-corrected chi connectivity index (χ2v) is 6.17. The second kappa shape index (κ2) is 5.73. The minimum absolute atomic E-state index is 0.523. The van der Waals surface area contributed by atoms with Gasteiger partial charge in [0.2, 0.25) is 0 Å². The number of primary amides is 1. The van der Waals surface area contributed by atoms with Crippen molar-refractivity contribution in [2.75, 3.05) is 10.6 Å². The maximum absolute atomic E-state index is 10.8. The smallest absolute Gasteiger partial charge is 0.316 e. The van der Waals surface area contributed by atoms with Gasteiger partial charge in [-0.25, -0.2) is 4.79 Å². The summed E-state index contributed by atoms with van der Waals surface area (Å²) in [7, 11) is 0. The van der Waals surface area contributed by atoms with Crippen LogP contribution in [-0.4, -0.2) is 12.1 Å². The Balaban J connectivity index is 1.55. The first kappa shape index (κ1) is 13.3. The second-order valence-electron chi connectivity index (χ2n) is 6.17. The summed E-state index contributed by atoms with van der Waals surface area (Å²) in [6, 6.07) is 7.86. The number of benzene rings is 1. The molecule has 0 aromatic heterocycles. The summed E-state index contributed by atoms with van der Waals surface area (Å²) >= 11 is 0. The molecule has 0 bridgehead atoms. The van der Waals surface area contributed by atoms with Gasteiger partial charge in [-0.2, -0.15) is 0 Å². The molecule has 4 nitrogen and oxygen atoms in total. The molecule has 1 aromatic rings. The number of nitrogens with one attached hydrogen (secondary N) is 2. The highest BCUT2D eigenvalue weighted by Crippen LogP contribution is 2.44. The lowest BCUT2D eigenvalue weighted by atomic mass is 9.82. The Labute approximate surface area is 120 Å². The van der Waals surface area contributed by atoms with Crippen LogP contribution in [0.4, 0.5) is 16.2 Å². The monoisotopic (exact) mass is 273 g/mol. The van der Waals surface area contributed by atoms with Gasteiger partial charge in [0.05, 0.1) is 0 Å². The van der Waals surface area contributed by atoms with Crippen molar-refractivity contribution in [3.8, 4) is 0 Å². The quantitative estimate of drug-likeness (QED) is 0.785. The van der Waals surface area contributed by atoms with Gasteiger partial charge < -0.3 is 16.4 Å². The predicted octanol–water partition coefficient (Wildman–Crippen LogP) is 3.56.